The molecule has 5 nitrogen and oxygen atoms in total. The van der Waals surface area contributed by atoms with Crippen LogP contribution in [0.15, 0.2) is 24.3 Å². The summed E-state index contributed by atoms with van der Waals surface area (Å²) in [6, 6.07) is 7.83. The predicted molar refractivity (Wildman–Crippen MR) is 97.1 cm³/mol. The molecule has 0 aliphatic carbocycles. The van der Waals surface area contributed by atoms with Gasteiger partial charge in [-0.25, -0.2) is 4.98 Å². The van der Waals surface area contributed by atoms with Crippen LogP contribution >= 0.6 is 11.6 Å². The third-order valence-electron chi connectivity index (χ3n) is 3.55. The Kier molecular flexibility index (Phi) is 9.87. The molecule has 7 heteroatoms. The van der Waals surface area contributed by atoms with Gasteiger partial charge in [-0.2, -0.15) is 18.8 Å². The molecule has 1 N–H and O–H groups in total. The number of benzene rings is 1. The van der Waals surface area contributed by atoms with Gasteiger partial charge in [-0.15, -0.1) is 0 Å². The number of halogens is 1. The van der Waals surface area contributed by atoms with Gasteiger partial charge in [0, 0.05) is 43.6 Å². The Morgan fingerprint density at radius 3 is 2.56 bits per heavy atom. The molecule has 1 heterocycles. The van der Waals surface area contributed by atoms with Gasteiger partial charge in [0.1, 0.15) is 5.82 Å². The van der Waals surface area contributed by atoms with E-state index in [0.29, 0.717) is 25.0 Å². The molecule has 1 aromatic carbocycles. The standard InChI is InChI=1S/C18H24ClN4O.Y/c1-5-15(11-24-10-14-8-6-7-9-16(14)19)22-18-21-13(4)20-17(23-18)12(2)3;/h6-9,15H,5,10-11H2,1-4H3,(H,20,21,22,23);/q-1;. The van der Waals surface area contributed by atoms with Gasteiger partial charge in [0.05, 0.1) is 19.3 Å². The first kappa shape index (κ1) is 22.3. The van der Waals surface area contributed by atoms with Gasteiger partial charge in [-0.1, -0.05) is 36.7 Å². The molecular weight excluding hydrogens is 413 g/mol. The number of anilines is 1. The zero-order chi connectivity index (χ0) is 17.5. The molecule has 0 aliphatic heterocycles. The number of ether oxygens (including phenoxy) is 1. The van der Waals surface area contributed by atoms with Gasteiger partial charge >= 0.3 is 0 Å². The Bertz CT molecular complexity index is 669. The summed E-state index contributed by atoms with van der Waals surface area (Å²) in [6.07, 6.45) is 0.900. The fourth-order valence-electron chi connectivity index (χ4n) is 2.14. The zero-order valence-corrected chi connectivity index (χ0v) is 18.8. The molecule has 1 unspecified atom stereocenters. The number of nitrogens with zero attached hydrogens (tertiary/aromatic N) is 3. The normalized spacial score (nSPS) is 11.6. The van der Waals surface area contributed by atoms with Gasteiger partial charge in [0.2, 0.25) is 5.95 Å². The molecule has 2 aromatic rings. The summed E-state index contributed by atoms with van der Waals surface area (Å²) in [5.41, 5.74) is 0.989. The summed E-state index contributed by atoms with van der Waals surface area (Å²) in [6.45, 7) is 8.99. The van der Waals surface area contributed by atoms with Gasteiger partial charge in [-0.05, 0) is 25.0 Å². The Hall–Kier alpha value is -0.746. The molecule has 0 bridgehead atoms. The van der Waals surface area contributed by atoms with Crippen molar-refractivity contribution < 1.29 is 37.4 Å². The molecule has 0 spiro atoms. The van der Waals surface area contributed by atoms with Crippen LogP contribution in [0.4, 0.5) is 5.95 Å². The average molecular weight is 437 g/mol. The molecule has 0 fully saturated rings. The second-order valence-corrected chi connectivity index (χ2v) is 6.29. The minimum atomic E-state index is 0. The summed E-state index contributed by atoms with van der Waals surface area (Å²) in [7, 11) is 0. The van der Waals surface area contributed by atoms with E-state index in [1.165, 1.54) is 0 Å². The summed E-state index contributed by atoms with van der Waals surface area (Å²) in [5, 5.41) is 4.06. The van der Waals surface area contributed by atoms with Gasteiger partial charge in [-0.3, -0.25) is 4.98 Å². The van der Waals surface area contributed by atoms with Crippen LogP contribution < -0.4 is 5.32 Å². The summed E-state index contributed by atoms with van der Waals surface area (Å²) < 4.78 is 5.81. The van der Waals surface area contributed by atoms with Gasteiger partial charge < -0.3 is 16.0 Å². The summed E-state index contributed by atoms with van der Waals surface area (Å²) in [5.74, 6) is 3.07. The monoisotopic (exact) mass is 436 g/mol. The summed E-state index contributed by atoms with van der Waals surface area (Å²) >= 11 is 6.14. The zero-order valence-electron chi connectivity index (χ0n) is 15.2. The van der Waals surface area contributed by atoms with E-state index >= 15 is 0 Å². The number of hydrogen-bond acceptors (Lipinski definition) is 5. The minimum Gasteiger partial charge on any atom is -0.375 e. The Morgan fingerprint density at radius 2 is 1.92 bits per heavy atom. The van der Waals surface area contributed by atoms with Crippen molar-refractivity contribution in [3.63, 3.8) is 0 Å². The summed E-state index contributed by atoms with van der Waals surface area (Å²) in [4.78, 5) is 13.1. The molecule has 0 aliphatic rings. The second-order valence-electron chi connectivity index (χ2n) is 5.89. The molecule has 2 rings (SSSR count). The first-order valence-electron chi connectivity index (χ1n) is 8.10. The van der Waals surface area contributed by atoms with Crippen LogP contribution in [0.3, 0.4) is 0 Å². The van der Waals surface area contributed by atoms with Crippen LogP contribution in [0.5, 0.6) is 0 Å². The molecule has 1 aromatic heterocycles. The van der Waals surface area contributed by atoms with Crippen molar-refractivity contribution >= 4 is 17.5 Å². The molecule has 25 heavy (non-hydrogen) atoms. The maximum atomic E-state index is 6.14. The van der Waals surface area contributed by atoms with E-state index in [1.54, 1.807) is 0 Å². The van der Waals surface area contributed by atoms with E-state index in [4.69, 9.17) is 16.3 Å². The molecule has 0 saturated heterocycles. The van der Waals surface area contributed by atoms with Crippen molar-refractivity contribution in [2.75, 3.05) is 11.9 Å². The quantitative estimate of drug-likeness (QED) is 0.628. The fraction of sp³-hybridized carbons (Fsp3) is 0.444. The van der Waals surface area contributed by atoms with E-state index in [2.05, 4.69) is 27.2 Å². The van der Waals surface area contributed by atoms with Crippen LogP contribution in [-0.2, 0) is 44.1 Å². The maximum absolute atomic E-state index is 6.14. The van der Waals surface area contributed by atoms with Gasteiger partial charge in [0.15, 0.2) is 0 Å². The number of aromatic nitrogens is 3. The smallest absolute Gasteiger partial charge is 0.223 e. The molecule has 0 amide bonds. The Balaban J connectivity index is 0.00000312. The third-order valence-corrected chi connectivity index (χ3v) is 3.92. The van der Waals surface area contributed by atoms with Gasteiger partial charge in [0.25, 0.3) is 0 Å². The average Bonchev–Trinajstić information content (AvgIpc) is 2.55. The molecule has 0 saturated carbocycles. The van der Waals surface area contributed by atoms with Crippen molar-refractivity contribution in [1.82, 2.24) is 15.0 Å². The molecule has 133 valence electrons. The van der Waals surface area contributed by atoms with E-state index in [0.717, 1.165) is 28.7 Å². The Labute approximate surface area is 180 Å². The van der Waals surface area contributed by atoms with Crippen molar-refractivity contribution in [3.8, 4) is 0 Å². The molecule has 1 radical (unpaired) electrons. The largest absolute Gasteiger partial charge is 0.375 e. The van der Waals surface area contributed by atoms with E-state index in [1.807, 2.05) is 45.0 Å². The Morgan fingerprint density at radius 1 is 1.20 bits per heavy atom. The van der Waals surface area contributed by atoms with Crippen LogP contribution in [0, 0.1) is 12.8 Å². The maximum Gasteiger partial charge on any atom is 0.223 e. The van der Waals surface area contributed by atoms with Crippen LogP contribution in [-0.4, -0.2) is 27.6 Å². The number of nitrogens with one attached hydrogen (secondary N) is 1. The number of rotatable bonds is 8. The third kappa shape index (κ3) is 7.18. The molecular formula is C18H24ClN4OY-. The SMILES string of the molecule is CCC(COCc1ccccc1Cl)Nc1nc(C)nc([C-](C)C)n1.[Y]. The van der Waals surface area contributed by atoms with E-state index in [9.17, 15) is 0 Å². The van der Waals surface area contributed by atoms with Crippen molar-refractivity contribution in [3.05, 3.63) is 52.4 Å². The first-order chi connectivity index (χ1) is 11.5. The minimum absolute atomic E-state index is 0. The van der Waals surface area contributed by atoms with Crippen molar-refractivity contribution in [2.24, 2.45) is 0 Å². The second kappa shape index (κ2) is 11.1. The van der Waals surface area contributed by atoms with Crippen molar-refractivity contribution in [1.29, 1.82) is 0 Å². The van der Waals surface area contributed by atoms with Crippen LogP contribution in [0.1, 0.15) is 44.4 Å². The van der Waals surface area contributed by atoms with E-state index < -0.39 is 0 Å². The first-order valence-corrected chi connectivity index (χ1v) is 8.48. The molecule has 1 atom stereocenters. The topological polar surface area (TPSA) is 59.9 Å². The predicted octanol–water partition coefficient (Wildman–Crippen LogP) is 4.20. The number of aryl methyl sites for hydroxylation is 1. The van der Waals surface area contributed by atoms with E-state index in [-0.39, 0.29) is 38.8 Å². The fourth-order valence-corrected chi connectivity index (χ4v) is 2.33. The van der Waals surface area contributed by atoms with Crippen molar-refractivity contribution in [2.45, 2.75) is 46.8 Å². The van der Waals surface area contributed by atoms with Crippen LogP contribution in [0.2, 0.25) is 5.02 Å². The number of hydrogen-bond donors (Lipinski definition) is 1. The van der Waals surface area contributed by atoms with Crippen LogP contribution in [0.25, 0.3) is 0 Å².